The van der Waals surface area contributed by atoms with Crippen molar-refractivity contribution >= 4 is 15.9 Å². The van der Waals surface area contributed by atoms with Crippen LogP contribution in [0.5, 0.6) is 0 Å². The maximum Gasteiger partial charge on any atom is 0.123 e. The summed E-state index contributed by atoms with van der Waals surface area (Å²) in [6.45, 7) is 3.28. The third kappa shape index (κ3) is 3.83. The highest BCUT2D eigenvalue weighted by molar-refractivity contribution is 9.10. The molecule has 2 N–H and O–H groups in total. The Morgan fingerprint density at radius 1 is 1.38 bits per heavy atom. The first-order chi connectivity index (χ1) is 10.2. The molecule has 2 aliphatic rings. The van der Waals surface area contributed by atoms with Crippen molar-refractivity contribution in [1.82, 2.24) is 10.6 Å². The maximum atomic E-state index is 13.3. The fourth-order valence-corrected chi connectivity index (χ4v) is 3.89. The van der Waals surface area contributed by atoms with E-state index in [0.29, 0.717) is 24.5 Å². The first-order valence-electron chi connectivity index (χ1n) is 7.72. The second-order valence-electron chi connectivity index (χ2n) is 5.95. The standard InChI is InChI=1S/C16H22BrFN2O/c17-14-5-4-12(18)8-11(14)9-20-15-3-1-2-13(15)16-10-21-7-6-19-16/h4-5,8,13,15-16,19-20H,1-3,6-7,9-10H2. The Kier molecular flexibility index (Phi) is 5.27. The summed E-state index contributed by atoms with van der Waals surface area (Å²) in [5, 5.41) is 7.20. The quantitative estimate of drug-likeness (QED) is 0.870. The lowest BCUT2D eigenvalue weighted by molar-refractivity contribution is 0.0524. The van der Waals surface area contributed by atoms with Crippen LogP contribution in [0.4, 0.5) is 4.39 Å². The lowest BCUT2D eigenvalue weighted by Crippen LogP contribution is -2.50. The molecule has 1 aliphatic carbocycles. The van der Waals surface area contributed by atoms with Gasteiger partial charge in [-0.05, 0) is 42.5 Å². The van der Waals surface area contributed by atoms with E-state index in [9.17, 15) is 4.39 Å². The number of benzene rings is 1. The van der Waals surface area contributed by atoms with Crippen LogP contribution in [0.25, 0.3) is 0 Å². The minimum atomic E-state index is -0.180. The fraction of sp³-hybridized carbons (Fsp3) is 0.625. The van der Waals surface area contributed by atoms with Crippen LogP contribution in [0.2, 0.25) is 0 Å². The van der Waals surface area contributed by atoms with Gasteiger partial charge in [0.05, 0.1) is 13.2 Å². The normalized spacial score (nSPS) is 29.7. The number of nitrogens with one attached hydrogen (secondary N) is 2. The van der Waals surface area contributed by atoms with E-state index in [1.165, 1.54) is 25.3 Å². The van der Waals surface area contributed by atoms with Crippen molar-refractivity contribution in [3.63, 3.8) is 0 Å². The molecular formula is C16H22BrFN2O. The smallest absolute Gasteiger partial charge is 0.123 e. The SMILES string of the molecule is Fc1ccc(Br)c(CNC2CCCC2C2COCCN2)c1. The highest BCUT2D eigenvalue weighted by Crippen LogP contribution is 2.30. The van der Waals surface area contributed by atoms with Gasteiger partial charge >= 0.3 is 0 Å². The summed E-state index contributed by atoms with van der Waals surface area (Å²) < 4.78 is 19.9. The molecule has 116 valence electrons. The van der Waals surface area contributed by atoms with Gasteiger partial charge in [0.1, 0.15) is 5.82 Å². The van der Waals surface area contributed by atoms with E-state index in [1.807, 2.05) is 0 Å². The predicted molar refractivity (Wildman–Crippen MR) is 84.7 cm³/mol. The van der Waals surface area contributed by atoms with Gasteiger partial charge in [-0.15, -0.1) is 0 Å². The van der Waals surface area contributed by atoms with Gasteiger partial charge in [-0.3, -0.25) is 0 Å². The molecule has 0 spiro atoms. The molecule has 1 aliphatic heterocycles. The van der Waals surface area contributed by atoms with Gasteiger partial charge in [0, 0.05) is 29.6 Å². The molecule has 3 rings (SSSR count). The zero-order valence-electron chi connectivity index (χ0n) is 12.1. The van der Waals surface area contributed by atoms with Gasteiger partial charge in [-0.25, -0.2) is 4.39 Å². The van der Waals surface area contributed by atoms with Crippen molar-refractivity contribution in [2.75, 3.05) is 19.8 Å². The molecule has 5 heteroatoms. The Morgan fingerprint density at radius 2 is 2.29 bits per heavy atom. The Morgan fingerprint density at radius 3 is 3.10 bits per heavy atom. The fourth-order valence-electron chi connectivity index (χ4n) is 3.50. The van der Waals surface area contributed by atoms with Gasteiger partial charge in [-0.2, -0.15) is 0 Å². The van der Waals surface area contributed by atoms with Crippen LogP contribution in [0.1, 0.15) is 24.8 Å². The van der Waals surface area contributed by atoms with Crippen LogP contribution >= 0.6 is 15.9 Å². The van der Waals surface area contributed by atoms with Crippen molar-refractivity contribution in [3.05, 3.63) is 34.1 Å². The zero-order chi connectivity index (χ0) is 14.7. The third-order valence-electron chi connectivity index (χ3n) is 4.60. The molecule has 1 heterocycles. The van der Waals surface area contributed by atoms with Crippen molar-refractivity contribution < 1.29 is 9.13 Å². The Balaban J connectivity index is 1.59. The number of hydrogen-bond acceptors (Lipinski definition) is 3. The summed E-state index contributed by atoms with van der Waals surface area (Å²) >= 11 is 3.49. The zero-order valence-corrected chi connectivity index (χ0v) is 13.7. The van der Waals surface area contributed by atoms with Crippen LogP contribution < -0.4 is 10.6 Å². The molecule has 0 radical (unpaired) electrons. The van der Waals surface area contributed by atoms with E-state index >= 15 is 0 Å². The molecule has 3 nitrogen and oxygen atoms in total. The van der Waals surface area contributed by atoms with Gasteiger partial charge in [0.25, 0.3) is 0 Å². The van der Waals surface area contributed by atoms with Crippen LogP contribution in [-0.2, 0) is 11.3 Å². The predicted octanol–water partition coefficient (Wildman–Crippen LogP) is 2.83. The largest absolute Gasteiger partial charge is 0.379 e. The molecule has 3 unspecified atom stereocenters. The van der Waals surface area contributed by atoms with Gasteiger partial charge in [0.15, 0.2) is 0 Å². The topological polar surface area (TPSA) is 33.3 Å². The summed E-state index contributed by atoms with van der Waals surface area (Å²) in [5.41, 5.74) is 0.980. The molecule has 1 aromatic rings. The first kappa shape index (κ1) is 15.4. The van der Waals surface area contributed by atoms with Gasteiger partial charge in [0.2, 0.25) is 0 Å². The summed E-state index contributed by atoms with van der Waals surface area (Å²) in [5.74, 6) is 0.429. The second-order valence-corrected chi connectivity index (χ2v) is 6.81. The van der Waals surface area contributed by atoms with Gasteiger partial charge < -0.3 is 15.4 Å². The second kappa shape index (κ2) is 7.18. The molecule has 0 bridgehead atoms. The lowest BCUT2D eigenvalue weighted by atomic mass is 9.94. The molecule has 1 saturated carbocycles. The molecule has 1 aromatic carbocycles. The summed E-state index contributed by atoms with van der Waals surface area (Å²) in [7, 11) is 0. The summed E-state index contributed by atoms with van der Waals surface area (Å²) in [4.78, 5) is 0. The van der Waals surface area contributed by atoms with E-state index in [2.05, 4.69) is 26.6 Å². The molecule has 21 heavy (non-hydrogen) atoms. The molecule has 0 aromatic heterocycles. The van der Waals surface area contributed by atoms with Crippen molar-refractivity contribution in [1.29, 1.82) is 0 Å². The van der Waals surface area contributed by atoms with E-state index in [-0.39, 0.29) is 5.82 Å². The maximum absolute atomic E-state index is 13.3. The van der Waals surface area contributed by atoms with Crippen LogP contribution in [0.3, 0.4) is 0 Å². The Labute approximate surface area is 133 Å². The number of hydrogen-bond donors (Lipinski definition) is 2. The molecule has 2 fully saturated rings. The average molecular weight is 357 g/mol. The van der Waals surface area contributed by atoms with Crippen molar-refractivity contribution in [3.8, 4) is 0 Å². The Hall–Kier alpha value is -0.490. The van der Waals surface area contributed by atoms with E-state index < -0.39 is 0 Å². The van der Waals surface area contributed by atoms with E-state index in [1.54, 1.807) is 12.1 Å². The third-order valence-corrected chi connectivity index (χ3v) is 5.37. The number of halogens is 2. The summed E-state index contributed by atoms with van der Waals surface area (Å²) in [6, 6.07) is 5.79. The minimum absolute atomic E-state index is 0.180. The number of morpholine rings is 1. The molecular weight excluding hydrogens is 335 g/mol. The molecule has 3 atom stereocenters. The monoisotopic (exact) mass is 356 g/mol. The summed E-state index contributed by atoms with van der Waals surface area (Å²) in [6.07, 6.45) is 3.68. The van der Waals surface area contributed by atoms with Crippen molar-refractivity contribution in [2.24, 2.45) is 5.92 Å². The average Bonchev–Trinajstić information content (AvgIpc) is 2.97. The molecule has 0 amide bonds. The Bertz CT molecular complexity index is 479. The number of rotatable bonds is 4. The van der Waals surface area contributed by atoms with Gasteiger partial charge in [-0.1, -0.05) is 22.4 Å². The van der Waals surface area contributed by atoms with E-state index in [0.717, 1.165) is 29.8 Å². The van der Waals surface area contributed by atoms with Crippen LogP contribution in [0, 0.1) is 11.7 Å². The van der Waals surface area contributed by atoms with Crippen LogP contribution in [0.15, 0.2) is 22.7 Å². The highest BCUT2D eigenvalue weighted by Gasteiger charge is 2.34. The first-order valence-corrected chi connectivity index (χ1v) is 8.52. The minimum Gasteiger partial charge on any atom is -0.379 e. The van der Waals surface area contributed by atoms with Crippen LogP contribution in [-0.4, -0.2) is 31.8 Å². The lowest BCUT2D eigenvalue weighted by Gasteiger charge is -2.33. The van der Waals surface area contributed by atoms with E-state index in [4.69, 9.17) is 4.74 Å². The van der Waals surface area contributed by atoms with Crippen molar-refractivity contribution in [2.45, 2.75) is 37.9 Å². The number of ether oxygens (including phenoxy) is 1. The molecule has 1 saturated heterocycles. The highest BCUT2D eigenvalue weighted by atomic mass is 79.9.